The molecule has 0 spiro atoms. The Balaban J connectivity index is 2.50. The number of hydrogen-bond donors (Lipinski definition) is 3. The van der Waals surface area contributed by atoms with Crippen LogP contribution in [0.15, 0.2) is 0 Å². The molecule has 1 heterocycles. The number of nitrogens with one attached hydrogen (secondary N) is 1. The van der Waals surface area contributed by atoms with Gasteiger partial charge < -0.3 is 15.5 Å². The van der Waals surface area contributed by atoms with Gasteiger partial charge in [0.05, 0.1) is 11.3 Å². The highest BCUT2D eigenvalue weighted by Crippen LogP contribution is 2.37. The van der Waals surface area contributed by atoms with Gasteiger partial charge in [0, 0.05) is 0 Å². The van der Waals surface area contributed by atoms with Gasteiger partial charge in [-0.2, -0.15) is 0 Å². The van der Waals surface area contributed by atoms with Crippen molar-refractivity contribution in [2.75, 3.05) is 12.3 Å². The van der Waals surface area contributed by atoms with Crippen LogP contribution in [-0.4, -0.2) is 44.7 Å². The van der Waals surface area contributed by atoms with E-state index in [-0.39, 0.29) is 12.5 Å². The summed E-state index contributed by atoms with van der Waals surface area (Å²) in [5.74, 6) is -0.590. The Morgan fingerprint density at radius 2 is 2.19 bits per heavy atom. The minimum Gasteiger partial charge on any atom is -0.479 e. The minimum absolute atomic E-state index is 0.198. The number of hydrogen-bond acceptors (Lipinski definition) is 4. The third kappa shape index (κ3) is 2.89. The van der Waals surface area contributed by atoms with E-state index in [0.29, 0.717) is 0 Å². The van der Waals surface area contributed by atoms with Gasteiger partial charge in [0.2, 0.25) is 5.91 Å². The van der Waals surface area contributed by atoms with Gasteiger partial charge in [-0.25, -0.2) is 4.79 Å². The second-order valence-corrected chi connectivity index (χ2v) is 6.04. The van der Waals surface area contributed by atoms with Crippen molar-refractivity contribution in [2.24, 2.45) is 0 Å². The van der Waals surface area contributed by atoms with Crippen LogP contribution in [0.4, 0.5) is 0 Å². The average Bonchev–Trinajstić information content (AvgIpc) is 2.62. The highest BCUT2D eigenvalue weighted by Gasteiger charge is 2.39. The van der Waals surface area contributed by atoms with E-state index in [9.17, 15) is 14.7 Å². The monoisotopic (exact) mass is 247 g/mol. The van der Waals surface area contributed by atoms with Gasteiger partial charge >= 0.3 is 5.97 Å². The summed E-state index contributed by atoms with van der Waals surface area (Å²) in [7, 11) is 0. The Kier molecular flexibility index (Phi) is 3.85. The van der Waals surface area contributed by atoms with Gasteiger partial charge in [-0.3, -0.25) is 4.79 Å². The Morgan fingerprint density at radius 3 is 2.62 bits per heavy atom. The van der Waals surface area contributed by atoms with Gasteiger partial charge in [-0.05, 0) is 32.4 Å². The second kappa shape index (κ2) is 4.63. The molecule has 3 N–H and O–H groups in total. The number of carboxylic acid groups (broad SMARTS) is 1. The summed E-state index contributed by atoms with van der Waals surface area (Å²) < 4.78 is -0.478. The van der Waals surface area contributed by atoms with E-state index < -0.39 is 16.3 Å². The van der Waals surface area contributed by atoms with Crippen molar-refractivity contribution >= 4 is 23.6 Å². The van der Waals surface area contributed by atoms with Crippen molar-refractivity contribution in [3.63, 3.8) is 0 Å². The van der Waals surface area contributed by atoms with E-state index in [1.54, 1.807) is 11.8 Å². The molecule has 16 heavy (non-hydrogen) atoms. The van der Waals surface area contributed by atoms with Crippen LogP contribution < -0.4 is 5.32 Å². The Labute approximate surface area is 98.6 Å². The maximum atomic E-state index is 11.8. The minimum atomic E-state index is -1.91. The van der Waals surface area contributed by atoms with Crippen molar-refractivity contribution < 1.29 is 19.8 Å². The summed E-state index contributed by atoms with van der Waals surface area (Å²) in [4.78, 5) is 22.4. The molecule has 0 aromatic carbocycles. The molecule has 2 unspecified atom stereocenters. The third-order valence-corrected chi connectivity index (χ3v) is 4.27. The van der Waals surface area contributed by atoms with Gasteiger partial charge in [-0.15, -0.1) is 11.8 Å². The van der Waals surface area contributed by atoms with E-state index in [1.165, 1.54) is 6.92 Å². The van der Waals surface area contributed by atoms with E-state index in [4.69, 9.17) is 5.11 Å². The highest BCUT2D eigenvalue weighted by molar-refractivity contribution is 8.01. The summed E-state index contributed by atoms with van der Waals surface area (Å²) >= 11 is 1.57. The zero-order valence-electron chi connectivity index (χ0n) is 9.45. The number of thioether (sulfide) groups is 1. The van der Waals surface area contributed by atoms with Crippen molar-refractivity contribution in [3.8, 4) is 0 Å². The SMILES string of the molecule is CC(O)(CNC(=O)C1(C)CCCS1)C(=O)O. The summed E-state index contributed by atoms with van der Waals surface area (Å²) in [6, 6.07) is 0. The fraction of sp³-hybridized carbons (Fsp3) is 0.800. The smallest absolute Gasteiger partial charge is 0.337 e. The molecule has 92 valence electrons. The van der Waals surface area contributed by atoms with E-state index in [0.717, 1.165) is 18.6 Å². The molecule has 5 nitrogen and oxygen atoms in total. The number of amides is 1. The van der Waals surface area contributed by atoms with Gasteiger partial charge in [0.1, 0.15) is 0 Å². The first-order chi connectivity index (χ1) is 7.28. The van der Waals surface area contributed by atoms with Crippen LogP contribution in [0.25, 0.3) is 0 Å². The lowest BCUT2D eigenvalue weighted by Gasteiger charge is -2.24. The van der Waals surface area contributed by atoms with Crippen LogP contribution in [0.3, 0.4) is 0 Å². The molecule has 1 saturated heterocycles. The molecule has 0 aromatic heterocycles. The first-order valence-corrected chi connectivity index (χ1v) is 6.14. The first kappa shape index (κ1) is 13.3. The molecule has 1 aliphatic heterocycles. The molecule has 0 radical (unpaired) electrons. The maximum Gasteiger partial charge on any atom is 0.337 e. The maximum absolute atomic E-state index is 11.8. The Hall–Kier alpha value is -0.750. The quantitative estimate of drug-likeness (QED) is 0.661. The topological polar surface area (TPSA) is 86.6 Å². The Morgan fingerprint density at radius 1 is 1.56 bits per heavy atom. The van der Waals surface area contributed by atoms with Crippen LogP contribution in [0.1, 0.15) is 26.7 Å². The molecule has 1 rings (SSSR count). The molecule has 0 saturated carbocycles. The number of rotatable bonds is 4. The van der Waals surface area contributed by atoms with E-state index >= 15 is 0 Å². The first-order valence-electron chi connectivity index (χ1n) is 5.16. The second-order valence-electron chi connectivity index (χ2n) is 4.44. The standard InChI is InChI=1S/C10H17NO4S/c1-9(15,8(13)14)6-11-7(12)10(2)4-3-5-16-10/h15H,3-6H2,1-2H3,(H,11,12)(H,13,14). The largest absolute Gasteiger partial charge is 0.479 e. The predicted octanol–water partition coefficient (Wildman–Crippen LogP) is 0.224. The molecule has 0 bridgehead atoms. The van der Waals surface area contributed by atoms with Crippen LogP contribution in [0.2, 0.25) is 0 Å². The summed E-state index contributed by atoms with van der Waals surface area (Å²) in [5, 5.41) is 20.6. The number of aliphatic carboxylic acids is 1. The lowest BCUT2D eigenvalue weighted by Crippen LogP contribution is -2.50. The fourth-order valence-electron chi connectivity index (χ4n) is 1.47. The van der Waals surface area contributed by atoms with Gasteiger partial charge in [-0.1, -0.05) is 0 Å². The van der Waals surface area contributed by atoms with Crippen molar-refractivity contribution in [2.45, 2.75) is 37.0 Å². The molecular formula is C10H17NO4S. The van der Waals surface area contributed by atoms with Crippen LogP contribution in [-0.2, 0) is 9.59 Å². The molecule has 1 aliphatic rings. The number of aliphatic hydroxyl groups is 1. The summed E-state index contributed by atoms with van der Waals surface area (Å²) in [6.45, 7) is 2.74. The fourth-order valence-corrected chi connectivity index (χ4v) is 2.70. The van der Waals surface area contributed by atoms with Gasteiger partial charge in [0.25, 0.3) is 0 Å². The van der Waals surface area contributed by atoms with Crippen molar-refractivity contribution in [1.29, 1.82) is 0 Å². The summed E-state index contributed by atoms with van der Waals surface area (Å²) in [5.41, 5.74) is -1.91. The van der Waals surface area contributed by atoms with Gasteiger partial charge in [0.15, 0.2) is 5.60 Å². The third-order valence-electron chi connectivity index (χ3n) is 2.75. The normalized spacial score (nSPS) is 28.4. The van der Waals surface area contributed by atoms with E-state index in [2.05, 4.69) is 5.32 Å². The lowest BCUT2D eigenvalue weighted by molar-refractivity contribution is -0.156. The Bertz CT molecular complexity index is 297. The number of carbonyl (C=O) groups is 2. The molecule has 1 fully saturated rings. The van der Waals surface area contributed by atoms with Crippen LogP contribution >= 0.6 is 11.8 Å². The van der Waals surface area contributed by atoms with Crippen LogP contribution in [0, 0.1) is 0 Å². The molecule has 0 aliphatic carbocycles. The summed E-state index contributed by atoms with van der Waals surface area (Å²) in [6.07, 6.45) is 1.78. The zero-order chi connectivity index (χ0) is 12.4. The van der Waals surface area contributed by atoms with Crippen molar-refractivity contribution in [1.82, 2.24) is 5.32 Å². The van der Waals surface area contributed by atoms with Crippen molar-refractivity contribution in [3.05, 3.63) is 0 Å². The zero-order valence-corrected chi connectivity index (χ0v) is 10.3. The molecule has 6 heteroatoms. The number of carbonyl (C=O) groups excluding carboxylic acids is 1. The van der Waals surface area contributed by atoms with E-state index in [1.807, 2.05) is 6.92 Å². The number of carboxylic acids is 1. The highest BCUT2D eigenvalue weighted by atomic mass is 32.2. The molecule has 1 amide bonds. The molecule has 0 aromatic rings. The average molecular weight is 247 g/mol. The molecular weight excluding hydrogens is 230 g/mol. The lowest BCUT2D eigenvalue weighted by atomic mass is 10.0. The van der Waals surface area contributed by atoms with Crippen LogP contribution in [0.5, 0.6) is 0 Å². The predicted molar refractivity (Wildman–Crippen MR) is 61.4 cm³/mol. The molecule has 2 atom stereocenters.